The maximum absolute atomic E-state index is 4.92. The summed E-state index contributed by atoms with van der Waals surface area (Å²) in [4.78, 5) is 17.0. The molecule has 0 saturated heterocycles. The van der Waals surface area contributed by atoms with Crippen LogP contribution < -0.4 is 4.90 Å². The fourth-order valence-corrected chi connectivity index (χ4v) is 3.83. The van der Waals surface area contributed by atoms with Crippen molar-refractivity contribution < 1.29 is 0 Å². The van der Waals surface area contributed by atoms with Gasteiger partial charge in [-0.1, -0.05) is 6.07 Å². The van der Waals surface area contributed by atoms with Crippen molar-refractivity contribution in [3.63, 3.8) is 0 Å². The van der Waals surface area contributed by atoms with Gasteiger partial charge in [-0.05, 0) is 29.1 Å². The Morgan fingerprint density at radius 1 is 1.08 bits per heavy atom. The van der Waals surface area contributed by atoms with Gasteiger partial charge >= 0.3 is 0 Å². The molecule has 0 saturated carbocycles. The lowest BCUT2D eigenvalue weighted by Crippen LogP contribution is -2.34. The van der Waals surface area contributed by atoms with Crippen LogP contribution in [-0.4, -0.2) is 36.3 Å². The smallest absolute Gasteiger partial charge is 0.226 e. The molecular weight excluding hydrogens is 346 g/mol. The molecule has 4 aromatic heterocycles. The van der Waals surface area contributed by atoms with Crippen LogP contribution in [0.5, 0.6) is 0 Å². The van der Waals surface area contributed by atoms with Gasteiger partial charge in [-0.3, -0.25) is 4.98 Å². The number of hydrogen-bond acceptors (Lipinski definition) is 7. The predicted molar refractivity (Wildman–Crippen MR) is 99.6 cm³/mol. The number of nitrogens with zero attached hydrogens (tertiary/aromatic N) is 7. The molecule has 4 aromatic rings. The number of pyridine rings is 1. The van der Waals surface area contributed by atoms with E-state index in [0.717, 1.165) is 46.6 Å². The Bertz CT molecular complexity index is 1030. The molecule has 128 valence electrons. The fraction of sp³-hybridized carbons (Fsp3) is 0.167. The third-order valence-electron chi connectivity index (χ3n) is 4.44. The number of thiophene rings is 1. The quantitative estimate of drug-likeness (QED) is 0.559. The van der Waals surface area contributed by atoms with Crippen molar-refractivity contribution in [3.8, 4) is 21.7 Å². The van der Waals surface area contributed by atoms with Crippen LogP contribution in [0.4, 0.5) is 5.95 Å². The minimum Gasteiger partial charge on any atom is -0.331 e. The zero-order chi connectivity index (χ0) is 17.3. The topological polar surface area (TPSA) is 72.6 Å². The third-order valence-corrected chi connectivity index (χ3v) is 5.32. The molecule has 5 rings (SSSR count). The van der Waals surface area contributed by atoms with Gasteiger partial charge in [0.15, 0.2) is 5.82 Å². The molecule has 5 heterocycles. The van der Waals surface area contributed by atoms with Crippen LogP contribution in [0.25, 0.3) is 21.7 Å². The second-order valence-electron chi connectivity index (χ2n) is 6.01. The summed E-state index contributed by atoms with van der Waals surface area (Å²) in [5, 5.41) is 10.2. The third kappa shape index (κ3) is 2.64. The van der Waals surface area contributed by atoms with E-state index in [2.05, 4.69) is 41.1 Å². The van der Waals surface area contributed by atoms with Crippen molar-refractivity contribution in [2.45, 2.75) is 13.1 Å². The predicted octanol–water partition coefficient (Wildman–Crippen LogP) is 2.88. The zero-order valence-corrected chi connectivity index (χ0v) is 14.7. The van der Waals surface area contributed by atoms with E-state index in [9.17, 15) is 0 Å². The summed E-state index contributed by atoms with van der Waals surface area (Å²) < 4.78 is 2.07. The van der Waals surface area contributed by atoms with Gasteiger partial charge in [0.1, 0.15) is 6.33 Å². The van der Waals surface area contributed by atoms with Gasteiger partial charge in [-0.2, -0.15) is 0 Å². The Balaban J connectivity index is 1.58. The second-order valence-corrected chi connectivity index (χ2v) is 6.96. The summed E-state index contributed by atoms with van der Waals surface area (Å²) >= 11 is 1.68. The van der Waals surface area contributed by atoms with Crippen LogP contribution in [0.2, 0.25) is 0 Å². The van der Waals surface area contributed by atoms with Crippen LogP contribution in [0.1, 0.15) is 5.82 Å². The van der Waals surface area contributed by atoms with Gasteiger partial charge in [-0.15, -0.1) is 21.5 Å². The molecule has 1 aliphatic rings. The van der Waals surface area contributed by atoms with Crippen LogP contribution in [-0.2, 0) is 13.1 Å². The standard InChI is InChI=1S/C18H15N7S/c1-2-15(26-9-1)17-14(13-3-5-19-6-4-13)10-20-18(22-17)24-7-8-25-12-21-23-16(25)11-24/h1-6,9-10,12H,7-8,11H2. The van der Waals surface area contributed by atoms with E-state index in [0.29, 0.717) is 6.54 Å². The molecule has 0 N–H and O–H groups in total. The SMILES string of the molecule is c1csc(-c2nc(N3CCn4cnnc4C3)ncc2-c2ccncc2)c1. The molecule has 0 unspecified atom stereocenters. The van der Waals surface area contributed by atoms with Gasteiger partial charge in [0.25, 0.3) is 0 Å². The van der Waals surface area contributed by atoms with Crippen molar-refractivity contribution in [1.29, 1.82) is 0 Å². The molecule has 7 nitrogen and oxygen atoms in total. The van der Waals surface area contributed by atoms with Gasteiger partial charge in [-0.25, -0.2) is 9.97 Å². The van der Waals surface area contributed by atoms with E-state index in [-0.39, 0.29) is 0 Å². The van der Waals surface area contributed by atoms with Crippen LogP contribution in [0.3, 0.4) is 0 Å². The lowest BCUT2D eigenvalue weighted by Gasteiger charge is -2.27. The first-order chi connectivity index (χ1) is 12.9. The number of aromatic nitrogens is 6. The Labute approximate surface area is 154 Å². The van der Waals surface area contributed by atoms with E-state index in [1.807, 2.05) is 24.4 Å². The van der Waals surface area contributed by atoms with E-state index < -0.39 is 0 Å². The summed E-state index contributed by atoms with van der Waals surface area (Å²) in [5.41, 5.74) is 3.02. The maximum Gasteiger partial charge on any atom is 0.226 e. The van der Waals surface area contributed by atoms with E-state index in [1.165, 1.54) is 0 Å². The molecule has 8 heteroatoms. The highest BCUT2D eigenvalue weighted by Crippen LogP contribution is 2.34. The monoisotopic (exact) mass is 361 g/mol. The summed E-state index contributed by atoms with van der Waals surface area (Å²) in [5.74, 6) is 1.66. The first-order valence-corrected chi connectivity index (χ1v) is 9.19. The average Bonchev–Trinajstić information content (AvgIpc) is 3.39. The zero-order valence-electron chi connectivity index (χ0n) is 13.9. The molecule has 0 aliphatic carbocycles. The maximum atomic E-state index is 4.92. The van der Waals surface area contributed by atoms with Gasteiger partial charge in [0.2, 0.25) is 5.95 Å². The largest absolute Gasteiger partial charge is 0.331 e. The Morgan fingerprint density at radius 3 is 2.85 bits per heavy atom. The van der Waals surface area contributed by atoms with Crippen molar-refractivity contribution in [3.05, 3.63) is 60.4 Å². The van der Waals surface area contributed by atoms with E-state index >= 15 is 0 Å². The minimum atomic E-state index is 0.665. The first-order valence-electron chi connectivity index (χ1n) is 8.31. The van der Waals surface area contributed by atoms with Crippen molar-refractivity contribution in [2.75, 3.05) is 11.4 Å². The average molecular weight is 361 g/mol. The van der Waals surface area contributed by atoms with Crippen LogP contribution in [0.15, 0.2) is 54.6 Å². The molecule has 0 amide bonds. The van der Waals surface area contributed by atoms with Gasteiger partial charge < -0.3 is 9.47 Å². The molecule has 1 aliphatic heterocycles. The molecule has 0 fully saturated rings. The fourth-order valence-electron chi connectivity index (χ4n) is 3.11. The minimum absolute atomic E-state index is 0.665. The summed E-state index contributed by atoms with van der Waals surface area (Å²) in [6.45, 7) is 2.34. The van der Waals surface area contributed by atoms with Gasteiger partial charge in [0, 0.05) is 37.2 Å². The molecular formula is C18H15N7S. The van der Waals surface area contributed by atoms with E-state index in [4.69, 9.17) is 4.98 Å². The Kier molecular flexibility index (Phi) is 3.67. The van der Waals surface area contributed by atoms with Gasteiger partial charge in [0.05, 0.1) is 17.1 Å². The normalized spacial score (nSPS) is 13.6. The molecule has 0 spiro atoms. The van der Waals surface area contributed by atoms with Crippen molar-refractivity contribution in [1.82, 2.24) is 29.7 Å². The highest BCUT2D eigenvalue weighted by atomic mass is 32.1. The van der Waals surface area contributed by atoms with Crippen molar-refractivity contribution >= 4 is 17.3 Å². The molecule has 26 heavy (non-hydrogen) atoms. The summed E-state index contributed by atoms with van der Waals surface area (Å²) in [6.07, 6.45) is 7.26. The number of fused-ring (bicyclic) bond motifs is 1. The summed E-state index contributed by atoms with van der Waals surface area (Å²) in [7, 11) is 0. The summed E-state index contributed by atoms with van der Waals surface area (Å²) in [6, 6.07) is 8.10. The number of rotatable bonds is 3. The van der Waals surface area contributed by atoms with E-state index in [1.54, 1.807) is 30.1 Å². The lowest BCUT2D eigenvalue weighted by atomic mass is 10.1. The molecule has 0 atom stereocenters. The number of hydrogen-bond donors (Lipinski definition) is 0. The lowest BCUT2D eigenvalue weighted by molar-refractivity contribution is 0.552. The Hall–Kier alpha value is -3.13. The van der Waals surface area contributed by atoms with Crippen LogP contribution in [0, 0.1) is 0 Å². The first kappa shape index (κ1) is 15.2. The second kappa shape index (κ2) is 6.30. The molecule has 0 bridgehead atoms. The molecule has 0 radical (unpaired) electrons. The molecule has 0 aromatic carbocycles. The highest BCUT2D eigenvalue weighted by Gasteiger charge is 2.21. The number of anilines is 1. The van der Waals surface area contributed by atoms with Crippen molar-refractivity contribution in [2.24, 2.45) is 0 Å². The Morgan fingerprint density at radius 2 is 2.00 bits per heavy atom. The van der Waals surface area contributed by atoms with Crippen LogP contribution >= 0.6 is 11.3 Å². The highest BCUT2D eigenvalue weighted by molar-refractivity contribution is 7.13.